The highest BCUT2D eigenvalue weighted by molar-refractivity contribution is 5.55. The third-order valence-electron chi connectivity index (χ3n) is 5.05. The van der Waals surface area contributed by atoms with Crippen LogP contribution in [0.5, 0.6) is 0 Å². The number of rotatable bonds is 5. The average molecular weight is 447 g/mol. The number of anilines is 1. The lowest BCUT2D eigenvalue weighted by molar-refractivity contribution is -0.137. The fraction of sp³-hybridized carbons (Fsp3) is 0.526. The Morgan fingerprint density at radius 3 is 2.45 bits per heavy atom. The van der Waals surface area contributed by atoms with Crippen LogP contribution in [0.25, 0.3) is 0 Å². The van der Waals surface area contributed by atoms with Gasteiger partial charge in [0.2, 0.25) is 5.89 Å². The summed E-state index contributed by atoms with van der Waals surface area (Å²) in [5, 5.41) is 12.6. The third kappa shape index (κ3) is 5.88. The Balaban J connectivity index is 1.87. The summed E-state index contributed by atoms with van der Waals surface area (Å²) in [4.78, 5) is 6.99. The molecule has 0 spiro atoms. The number of benzene rings is 1. The molecule has 1 aromatic carbocycles. The standard InChI is InChI=1S/C19H19F6N5O/c1-29-6-4-12(5-7-29)17-27-16(28-31-17)10-30(11-18(20,21)22)14-3-2-13(9-26)15(8-14)19(23,24)25/h2-3,8,12H,4-7,10-11H2,1H3. The van der Waals surface area contributed by atoms with Crippen LogP contribution >= 0.6 is 0 Å². The first kappa shape index (κ1) is 22.9. The fourth-order valence-electron chi connectivity index (χ4n) is 3.44. The van der Waals surface area contributed by atoms with Crippen molar-refractivity contribution in [3.8, 4) is 6.07 Å². The molecule has 0 aliphatic carbocycles. The number of likely N-dealkylation sites (tertiary alicyclic amines) is 1. The number of nitrogens with zero attached hydrogens (tertiary/aromatic N) is 5. The Labute approximate surface area is 174 Å². The van der Waals surface area contributed by atoms with Crippen LogP contribution in [0.15, 0.2) is 22.7 Å². The summed E-state index contributed by atoms with van der Waals surface area (Å²) in [6, 6.07) is 3.82. The van der Waals surface area contributed by atoms with Gasteiger partial charge in [-0.1, -0.05) is 5.16 Å². The normalized spacial score (nSPS) is 16.3. The summed E-state index contributed by atoms with van der Waals surface area (Å²) < 4.78 is 84.3. The van der Waals surface area contributed by atoms with Crippen molar-refractivity contribution in [1.29, 1.82) is 5.26 Å². The average Bonchev–Trinajstić information content (AvgIpc) is 3.14. The van der Waals surface area contributed by atoms with E-state index < -0.39 is 36.6 Å². The van der Waals surface area contributed by atoms with E-state index in [1.54, 1.807) is 0 Å². The molecule has 12 heteroatoms. The molecule has 0 saturated carbocycles. The van der Waals surface area contributed by atoms with Crippen molar-refractivity contribution in [3.05, 3.63) is 41.0 Å². The molecule has 0 bridgehead atoms. The van der Waals surface area contributed by atoms with Gasteiger partial charge in [-0.05, 0) is 51.2 Å². The van der Waals surface area contributed by atoms with Crippen molar-refractivity contribution < 1.29 is 30.9 Å². The second-order valence-electron chi connectivity index (χ2n) is 7.44. The van der Waals surface area contributed by atoms with Gasteiger partial charge < -0.3 is 14.3 Å². The van der Waals surface area contributed by atoms with Crippen molar-refractivity contribution in [3.63, 3.8) is 0 Å². The van der Waals surface area contributed by atoms with Crippen LogP contribution in [0.2, 0.25) is 0 Å². The molecule has 168 valence electrons. The summed E-state index contributed by atoms with van der Waals surface area (Å²) >= 11 is 0. The number of nitriles is 1. The minimum Gasteiger partial charge on any atom is -0.355 e. The lowest BCUT2D eigenvalue weighted by Gasteiger charge is -2.26. The van der Waals surface area contributed by atoms with Gasteiger partial charge >= 0.3 is 12.4 Å². The molecule has 0 amide bonds. The molecule has 0 radical (unpaired) electrons. The molecule has 0 atom stereocenters. The van der Waals surface area contributed by atoms with Gasteiger partial charge in [0.25, 0.3) is 0 Å². The molecule has 6 nitrogen and oxygen atoms in total. The second-order valence-corrected chi connectivity index (χ2v) is 7.44. The fourth-order valence-corrected chi connectivity index (χ4v) is 3.44. The third-order valence-corrected chi connectivity index (χ3v) is 5.05. The number of piperidine rings is 1. The van der Waals surface area contributed by atoms with Crippen molar-refractivity contribution in [2.75, 3.05) is 31.6 Å². The molecular formula is C19H19F6N5O. The van der Waals surface area contributed by atoms with Crippen molar-refractivity contribution in [1.82, 2.24) is 15.0 Å². The van der Waals surface area contributed by atoms with E-state index in [0.717, 1.165) is 38.1 Å². The topological polar surface area (TPSA) is 69.2 Å². The minimum absolute atomic E-state index is 0.0136. The predicted molar refractivity (Wildman–Crippen MR) is 97.0 cm³/mol. The summed E-state index contributed by atoms with van der Waals surface area (Å²) in [5.41, 5.74) is -2.33. The second kappa shape index (κ2) is 8.74. The Kier molecular flexibility index (Phi) is 6.45. The van der Waals surface area contributed by atoms with E-state index >= 15 is 0 Å². The molecule has 0 unspecified atom stereocenters. The first-order valence-electron chi connectivity index (χ1n) is 9.40. The van der Waals surface area contributed by atoms with E-state index in [1.165, 1.54) is 6.07 Å². The van der Waals surface area contributed by atoms with Crippen LogP contribution in [0.1, 0.15) is 41.6 Å². The van der Waals surface area contributed by atoms with Crippen molar-refractivity contribution in [2.24, 2.45) is 0 Å². The van der Waals surface area contributed by atoms with Crippen molar-refractivity contribution in [2.45, 2.75) is 37.7 Å². The quantitative estimate of drug-likeness (QED) is 0.636. The van der Waals surface area contributed by atoms with Crippen molar-refractivity contribution >= 4 is 5.69 Å². The SMILES string of the molecule is CN1CCC(c2nc(CN(CC(F)(F)F)c3ccc(C#N)c(C(F)(F)F)c3)no2)CC1. The number of hydrogen-bond donors (Lipinski definition) is 0. The van der Waals surface area contributed by atoms with Gasteiger partial charge in [0.15, 0.2) is 5.82 Å². The molecule has 1 fully saturated rings. The highest BCUT2D eigenvalue weighted by atomic mass is 19.4. The van der Waals surface area contributed by atoms with Gasteiger partial charge in [-0.25, -0.2) is 0 Å². The van der Waals surface area contributed by atoms with Crippen LogP contribution in [0.4, 0.5) is 32.0 Å². The van der Waals surface area contributed by atoms with Gasteiger partial charge in [-0.15, -0.1) is 0 Å². The van der Waals surface area contributed by atoms with Gasteiger partial charge in [0.05, 0.1) is 23.7 Å². The van der Waals surface area contributed by atoms with Gasteiger partial charge in [-0.3, -0.25) is 0 Å². The largest absolute Gasteiger partial charge is 0.417 e. The van der Waals surface area contributed by atoms with E-state index in [4.69, 9.17) is 9.78 Å². The van der Waals surface area contributed by atoms with Crippen LogP contribution in [-0.4, -0.2) is 47.9 Å². The summed E-state index contributed by atoms with van der Waals surface area (Å²) in [5.74, 6) is 0.238. The van der Waals surface area contributed by atoms with E-state index in [1.807, 2.05) is 7.05 Å². The lowest BCUT2D eigenvalue weighted by atomic mass is 9.97. The maximum atomic E-state index is 13.2. The Morgan fingerprint density at radius 1 is 1.19 bits per heavy atom. The molecule has 1 aliphatic heterocycles. The monoisotopic (exact) mass is 447 g/mol. The number of aromatic nitrogens is 2. The van der Waals surface area contributed by atoms with Gasteiger partial charge in [0, 0.05) is 11.6 Å². The highest BCUT2D eigenvalue weighted by Gasteiger charge is 2.36. The van der Waals surface area contributed by atoms with Crippen LogP contribution < -0.4 is 4.90 Å². The molecule has 1 saturated heterocycles. The molecule has 2 heterocycles. The molecule has 2 aromatic rings. The molecule has 1 aromatic heterocycles. The van der Waals surface area contributed by atoms with E-state index in [-0.39, 0.29) is 17.4 Å². The van der Waals surface area contributed by atoms with E-state index in [0.29, 0.717) is 16.9 Å². The van der Waals surface area contributed by atoms with Crippen LogP contribution in [0.3, 0.4) is 0 Å². The Morgan fingerprint density at radius 2 is 1.87 bits per heavy atom. The first-order chi connectivity index (χ1) is 14.5. The highest BCUT2D eigenvalue weighted by Crippen LogP contribution is 2.35. The predicted octanol–water partition coefficient (Wildman–Crippen LogP) is 4.34. The summed E-state index contributed by atoms with van der Waals surface area (Å²) in [7, 11) is 1.97. The zero-order valence-corrected chi connectivity index (χ0v) is 16.5. The summed E-state index contributed by atoms with van der Waals surface area (Å²) in [6.07, 6.45) is -8.06. The maximum Gasteiger partial charge on any atom is 0.417 e. The molecule has 3 rings (SSSR count). The molecule has 1 aliphatic rings. The smallest absolute Gasteiger partial charge is 0.355 e. The minimum atomic E-state index is -4.89. The van der Waals surface area contributed by atoms with E-state index in [9.17, 15) is 26.3 Å². The number of alkyl halides is 6. The zero-order valence-electron chi connectivity index (χ0n) is 16.5. The zero-order chi connectivity index (χ0) is 22.8. The summed E-state index contributed by atoms with van der Waals surface area (Å²) in [6.45, 7) is -0.394. The first-order valence-corrected chi connectivity index (χ1v) is 9.40. The van der Waals surface area contributed by atoms with Crippen LogP contribution in [-0.2, 0) is 12.7 Å². The van der Waals surface area contributed by atoms with Gasteiger partial charge in [0.1, 0.15) is 6.54 Å². The van der Waals surface area contributed by atoms with E-state index in [2.05, 4.69) is 15.0 Å². The Hall–Kier alpha value is -2.81. The molecule has 0 N–H and O–H groups in total. The lowest BCUT2D eigenvalue weighted by Crippen LogP contribution is -2.34. The molecular weight excluding hydrogens is 428 g/mol. The maximum absolute atomic E-state index is 13.2. The number of halogens is 6. The Bertz CT molecular complexity index is 940. The molecule has 31 heavy (non-hydrogen) atoms. The van der Waals surface area contributed by atoms with Crippen LogP contribution in [0, 0.1) is 11.3 Å². The number of hydrogen-bond acceptors (Lipinski definition) is 6. The van der Waals surface area contributed by atoms with Gasteiger partial charge in [-0.2, -0.15) is 36.6 Å².